The Balaban J connectivity index is 2.01. The van der Waals surface area contributed by atoms with E-state index in [1.807, 2.05) is 32.4 Å². The smallest absolute Gasteiger partial charge is 0.264 e. The van der Waals surface area contributed by atoms with Crippen LogP contribution in [0.4, 0.5) is 0 Å². The maximum absolute atomic E-state index is 12.0. The van der Waals surface area contributed by atoms with Gasteiger partial charge in [-0.3, -0.25) is 9.48 Å². The fourth-order valence-corrected chi connectivity index (χ4v) is 2.16. The molecule has 6 nitrogen and oxygen atoms in total. The lowest BCUT2D eigenvalue weighted by atomic mass is 10.1. The first-order valence-corrected chi connectivity index (χ1v) is 7.12. The molecule has 1 aliphatic heterocycles. The predicted octanol–water partition coefficient (Wildman–Crippen LogP) is 1.62. The van der Waals surface area contributed by atoms with E-state index in [1.165, 1.54) is 0 Å². The van der Waals surface area contributed by atoms with E-state index in [1.54, 1.807) is 6.20 Å². The number of amides is 1. The summed E-state index contributed by atoms with van der Waals surface area (Å²) in [4.78, 5) is 17.3. The zero-order valence-electron chi connectivity index (χ0n) is 12.5. The molecule has 0 saturated carbocycles. The lowest BCUT2D eigenvalue weighted by Crippen LogP contribution is -2.39. The molecule has 2 atom stereocenters. The molecule has 6 heteroatoms. The number of rotatable bonds is 5. The van der Waals surface area contributed by atoms with Crippen LogP contribution in [0.25, 0.3) is 0 Å². The Bertz CT molecular complexity index is 521. The van der Waals surface area contributed by atoms with E-state index < -0.39 is 6.10 Å². The van der Waals surface area contributed by atoms with Gasteiger partial charge in [0.1, 0.15) is 0 Å². The molecule has 0 aromatic carbocycles. The molecule has 0 bridgehead atoms. The molecule has 0 spiro atoms. The molecule has 2 heterocycles. The minimum Gasteiger partial charge on any atom is -0.382 e. The van der Waals surface area contributed by atoms with Gasteiger partial charge in [-0.2, -0.15) is 5.10 Å². The van der Waals surface area contributed by atoms with Gasteiger partial charge in [-0.05, 0) is 27.2 Å². The van der Waals surface area contributed by atoms with Crippen molar-refractivity contribution in [2.24, 2.45) is 5.16 Å². The number of nitrogens with zero attached hydrogens (tertiary/aromatic N) is 3. The summed E-state index contributed by atoms with van der Waals surface area (Å²) < 4.78 is 1.91. The lowest BCUT2D eigenvalue weighted by Gasteiger charge is -2.14. The molecule has 1 aromatic heterocycles. The summed E-state index contributed by atoms with van der Waals surface area (Å²) >= 11 is 0. The van der Waals surface area contributed by atoms with Gasteiger partial charge in [-0.1, -0.05) is 12.1 Å². The normalized spacial score (nSPS) is 19.4. The average molecular weight is 278 g/mol. The molecule has 2 rings (SSSR count). The van der Waals surface area contributed by atoms with Crippen molar-refractivity contribution in [3.05, 3.63) is 17.5 Å². The van der Waals surface area contributed by atoms with Gasteiger partial charge >= 0.3 is 0 Å². The van der Waals surface area contributed by atoms with Crippen molar-refractivity contribution >= 4 is 11.6 Å². The van der Waals surface area contributed by atoms with Crippen molar-refractivity contribution < 1.29 is 9.63 Å². The van der Waals surface area contributed by atoms with Crippen LogP contribution >= 0.6 is 0 Å². The molecule has 1 amide bonds. The van der Waals surface area contributed by atoms with E-state index in [-0.39, 0.29) is 11.9 Å². The van der Waals surface area contributed by atoms with E-state index in [4.69, 9.17) is 4.84 Å². The predicted molar refractivity (Wildman–Crippen MR) is 76.6 cm³/mol. The van der Waals surface area contributed by atoms with E-state index in [9.17, 15) is 4.79 Å². The third-order valence-corrected chi connectivity index (χ3v) is 3.68. The third-order valence-electron chi connectivity index (χ3n) is 3.68. The van der Waals surface area contributed by atoms with Gasteiger partial charge in [0, 0.05) is 30.3 Å². The van der Waals surface area contributed by atoms with Crippen molar-refractivity contribution in [1.29, 1.82) is 0 Å². The number of oxime groups is 1. The highest BCUT2D eigenvalue weighted by Gasteiger charge is 2.30. The first-order valence-electron chi connectivity index (χ1n) is 7.12. The monoisotopic (exact) mass is 278 g/mol. The van der Waals surface area contributed by atoms with E-state index in [0.717, 1.165) is 29.9 Å². The first-order chi connectivity index (χ1) is 9.56. The van der Waals surface area contributed by atoms with Gasteiger partial charge in [-0.15, -0.1) is 0 Å². The molecule has 1 aromatic rings. The Morgan fingerprint density at radius 3 is 2.95 bits per heavy atom. The van der Waals surface area contributed by atoms with E-state index in [2.05, 4.69) is 15.6 Å². The van der Waals surface area contributed by atoms with Crippen LogP contribution < -0.4 is 5.32 Å². The molecule has 1 N–H and O–H groups in total. The maximum atomic E-state index is 12.0. The molecular formula is C14H22N4O2. The van der Waals surface area contributed by atoms with Gasteiger partial charge < -0.3 is 10.2 Å². The highest BCUT2D eigenvalue weighted by atomic mass is 16.6. The van der Waals surface area contributed by atoms with Gasteiger partial charge in [0.25, 0.3) is 5.91 Å². The van der Waals surface area contributed by atoms with Crippen molar-refractivity contribution in [2.45, 2.75) is 59.2 Å². The van der Waals surface area contributed by atoms with Crippen LogP contribution in [0.1, 0.15) is 44.9 Å². The first kappa shape index (κ1) is 14.6. The third kappa shape index (κ3) is 2.84. The second-order valence-corrected chi connectivity index (χ2v) is 5.11. The molecule has 20 heavy (non-hydrogen) atoms. The Morgan fingerprint density at radius 2 is 2.35 bits per heavy atom. The SMILES string of the molecule is CC[C@H](C)NC(=O)[C@@H]1CC(c2cnn(CC)c2C)=NO1. The number of nitrogens with one attached hydrogen (secondary N) is 1. The second kappa shape index (κ2) is 6.07. The zero-order chi connectivity index (χ0) is 14.7. The van der Waals surface area contributed by atoms with Crippen LogP contribution in [0.3, 0.4) is 0 Å². The Hall–Kier alpha value is -1.85. The minimum absolute atomic E-state index is 0.0985. The number of carbonyl (C=O) groups is 1. The summed E-state index contributed by atoms with van der Waals surface area (Å²) in [5, 5.41) is 11.3. The number of aryl methyl sites for hydroxylation is 1. The van der Waals surface area contributed by atoms with Crippen molar-refractivity contribution in [2.75, 3.05) is 0 Å². The summed E-state index contributed by atoms with van der Waals surface area (Å²) in [5.74, 6) is -0.0985. The summed E-state index contributed by atoms with van der Waals surface area (Å²) in [7, 11) is 0. The second-order valence-electron chi connectivity index (χ2n) is 5.11. The number of carbonyl (C=O) groups excluding carboxylic acids is 1. The van der Waals surface area contributed by atoms with Gasteiger partial charge in [0.05, 0.1) is 11.9 Å². The quantitative estimate of drug-likeness (QED) is 0.890. The molecular weight excluding hydrogens is 256 g/mol. The van der Waals surface area contributed by atoms with Crippen LogP contribution in [-0.4, -0.2) is 33.5 Å². The standard InChI is InChI=1S/C14H22N4O2/c1-5-9(3)16-14(19)13-7-12(17-20-13)11-8-15-18(6-2)10(11)4/h8-9,13H,5-7H2,1-4H3,(H,16,19)/t9-,13-/m0/s1. The maximum Gasteiger partial charge on any atom is 0.264 e. The van der Waals surface area contributed by atoms with Crippen molar-refractivity contribution in [3.63, 3.8) is 0 Å². The van der Waals surface area contributed by atoms with Crippen LogP contribution in [0.15, 0.2) is 11.4 Å². The van der Waals surface area contributed by atoms with Crippen LogP contribution in [0.5, 0.6) is 0 Å². The molecule has 0 saturated heterocycles. The van der Waals surface area contributed by atoms with Gasteiger partial charge in [0.15, 0.2) is 0 Å². The molecule has 0 radical (unpaired) electrons. The van der Waals surface area contributed by atoms with Crippen molar-refractivity contribution in [1.82, 2.24) is 15.1 Å². The number of hydrogen-bond acceptors (Lipinski definition) is 4. The summed E-state index contributed by atoms with van der Waals surface area (Å²) in [6, 6.07) is 0.153. The minimum atomic E-state index is -0.525. The zero-order valence-corrected chi connectivity index (χ0v) is 12.5. The summed E-state index contributed by atoms with van der Waals surface area (Å²) in [5.41, 5.74) is 2.81. The largest absolute Gasteiger partial charge is 0.382 e. The highest BCUT2D eigenvalue weighted by molar-refractivity contribution is 6.04. The summed E-state index contributed by atoms with van der Waals surface area (Å²) in [6.07, 6.45) is 2.66. The highest BCUT2D eigenvalue weighted by Crippen LogP contribution is 2.19. The fourth-order valence-electron chi connectivity index (χ4n) is 2.16. The van der Waals surface area contributed by atoms with Crippen LogP contribution in [0, 0.1) is 6.92 Å². The average Bonchev–Trinajstić information content (AvgIpc) is 3.04. The fraction of sp³-hybridized carbons (Fsp3) is 0.643. The number of hydrogen-bond donors (Lipinski definition) is 1. The Labute approximate surface area is 119 Å². The molecule has 110 valence electrons. The van der Waals surface area contributed by atoms with Gasteiger partial charge in [0.2, 0.25) is 6.10 Å². The lowest BCUT2D eigenvalue weighted by molar-refractivity contribution is -0.131. The van der Waals surface area contributed by atoms with Crippen molar-refractivity contribution in [3.8, 4) is 0 Å². The molecule has 1 aliphatic rings. The molecule has 0 aliphatic carbocycles. The number of aromatic nitrogens is 2. The Morgan fingerprint density at radius 1 is 1.60 bits per heavy atom. The summed E-state index contributed by atoms with van der Waals surface area (Å²) in [6.45, 7) is 8.87. The van der Waals surface area contributed by atoms with Crippen LogP contribution in [0.2, 0.25) is 0 Å². The van der Waals surface area contributed by atoms with Gasteiger partial charge in [-0.25, -0.2) is 0 Å². The van der Waals surface area contributed by atoms with Crippen LogP contribution in [-0.2, 0) is 16.2 Å². The van der Waals surface area contributed by atoms with E-state index >= 15 is 0 Å². The van der Waals surface area contributed by atoms with E-state index in [0.29, 0.717) is 6.42 Å². The topological polar surface area (TPSA) is 68.5 Å². The molecule has 0 fully saturated rings. The Kier molecular flexibility index (Phi) is 4.42. The molecule has 0 unspecified atom stereocenters.